The standard InChI is InChI=1S/C11H15F2NO4S2/c1-6-4-8(7(2)19-6)20(17,18)14-11(3,10(12)13)5-9(15)16/h4,10,14H,5H2,1-3H3,(H,15,16). The van der Waals surface area contributed by atoms with Crippen LogP contribution in [0.4, 0.5) is 8.78 Å². The van der Waals surface area contributed by atoms with E-state index in [1.165, 1.54) is 17.4 Å². The van der Waals surface area contributed by atoms with Crippen LogP contribution in [0, 0.1) is 13.8 Å². The third kappa shape index (κ3) is 3.74. The van der Waals surface area contributed by atoms with Crippen molar-refractivity contribution in [3.05, 3.63) is 15.8 Å². The zero-order valence-electron chi connectivity index (χ0n) is 11.1. The molecule has 0 bridgehead atoms. The number of thiophene rings is 1. The molecule has 0 saturated carbocycles. The van der Waals surface area contributed by atoms with Crippen molar-refractivity contribution in [3.63, 3.8) is 0 Å². The number of rotatable bonds is 6. The average Bonchev–Trinajstić information content (AvgIpc) is 2.56. The van der Waals surface area contributed by atoms with Crippen LogP contribution in [-0.2, 0) is 14.8 Å². The van der Waals surface area contributed by atoms with Crippen LogP contribution in [0.25, 0.3) is 0 Å². The smallest absolute Gasteiger partial charge is 0.305 e. The highest BCUT2D eigenvalue weighted by Gasteiger charge is 2.41. The van der Waals surface area contributed by atoms with E-state index in [4.69, 9.17) is 5.11 Å². The van der Waals surface area contributed by atoms with E-state index in [1.54, 1.807) is 13.8 Å². The Labute approximate surface area is 119 Å². The number of hydrogen-bond donors (Lipinski definition) is 2. The SMILES string of the molecule is Cc1cc(S(=O)(=O)NC(C)(CC(=O)O)C(F)F)c(C)s1. The van der Waals surface area contributed by atoms with E-state index >= 15 is 0 Å². The summed E-state index contributed by atoms with van der Waals surface area (Å²) in [4.78, 5) is 11.7. The average molecular weight is 327 g/mol. The van der Waals surface area contributed by atoms with E-state index in [0.29, 0.717) is 4.88 Å². The van der Waals surface area contributed by atoms with E-state index in [1.807, 2.05) is 4.72 Å². The quantitative estimate of drug-likeness (QED) is 0.838. The molecule has 1 aromatic heterocycles. The van der Waals surface area contributed by atoms with Crippen molar-refractivity contribution in [2.75, 3.05) is 0 Å². The number of carboxylic acid groups (broad SMARTS) is 1. The van der Waals surface area contributed by atoms with Gasteiger partial charge in [0, 0.05) is 9.75 Å². The predicted octanol–water partition coefficient (Wildman–Crippen LogP) is 2.14. The Hall–Kier alpha value is -1.06. The summed E-state index contributed by atoms with van der Waals surface area (Å²) in [6, 6.07) is 1.37. The van der Waals surface area contributed by atoms with Crippen LogP contribution >= 0.6 is 11.3 Å². The lowest BCUT2D eigenvalue weighted by Gasteiger charge is -2.27. The molecule has 1 rings (SSSR count). The lowest BCUT2D eigenvalue weighted by Crippen LogP contribution is -2.52. The largest absolute Gasteiger partial charge is 0.481 e. The normalized spacial score (nSPS) is 15.3. The fraction of sp³-hybridized carbons (Fsp3) is 0.545. The number of alkyl halides is 2. The van der Waals surface area contributed by atoms with Crippen LogP contribution in [0.1, 0.15) is 23.1 Å². The van der Waals surface area contributed by atoms with Crippen molar-refractivity contribution in [2.24, 2.45) is 0 Å². The van der Waals surface area contributed by atoms with Crippen LogP contribution in [0.2, 0.25) is 0 Å². The fourth-order valence-electron chi connectivity index (χ4n) is 1.71. The van der Waals surface area contributed by atoms with Crippen molar-refractivity contribution < 1.29 is 27.1 Å². The molecular formula is C11H15F2NO4S2. The Balaban J connectivity index is 3.16. The van der Waals surface area contributed by atoms with E-state index in [0.717, 1.165) is 11.8 Å². The minimum absolute atomic E-state index is 0.0998. The number of aryl methyl sites for hydroxylation is 2. The summed E-state index contributed by atoms with van der Waals surface area (Å²) >= 11 is 1.22. The van der Waals surface area contributed by atoms with Gasteiger partial charge in [0.15, 0.2) is 0 Å². The molecule has 0 amide bonds. The number of halogens is 2. The first kappa shape index (κ1) is 17.0. The summed E-state index contributed by atoms with van der Waals surface area (Å²) in [6.45, 7) is 4.13. The van der Waals surface area contributed by atoms with Gasteiger partial charge in [0.25, 0.3) is 6.43 Å². The molecule has 114 valence electrons. The van der Waals surface area contributed by atoms with Crippen LogP contribution in [0.15, 0.2) is 11.0 Å². The second kappa shape index (κ2) is 5.74. The zero-order chi connectivity index (χ0) is 15.7. The van der Waals surface area contributed by atoms with Crippen molar-refractivity contribution in [3.8, 4) is 0 Å². The monoisotopic (exact) mass is 327 g/mol. The first-order valence-electron chi connectivity index (χ1n) is 5.59. The van der Waals surface area contributed by atoms with Gasteiger partial charge in [-0.25, -0.2) is 17.2 Å². The molecule has 1 heterocycles. The molecule has 2 N–H and O–H groups in total. The molecule has 1 atom stereocenters. The number of hydrogen-bond acceptors (Lipinski definition) is 4. The van der Waals surface area contributed by atoms with Crippen LogP contribution < -0.4 is 4.72 Å². The minimum Gasteiger partial charge on any atom is -0.481 e. The molecule has 1 aromatic rings. The van der Waals surface area contributed by atoms with Gasteiger partial charge in [-0.1, -0.05) is 0 Å². The molecule has 5 nitrogen and oxygen atoms in total. The lowest BCUT2D eigenvalue weighted by atomic mass is 10.0. The maximum Gasteiger partial charge on any atom is 0.305 e. The third-order valence-corrected chi connectivity index (χ3v) is 5.49. The maximum absolute atomic E-state index is 13.0. The molecule has 0 aliphatic rings. The summed E-state index contributed by atoms with van der Waals surface area (Å²) < 4.78 is 52.1. The highest BCUT2D eigenvalue weighted by atomic mass is 32.2. The molecule has 0 aromatic carbocycles. The Morgan fingerprint density at radius 3 is 2.40 bits per heavy atom. The van der Waals surface area contributed by atoms with Crippen molar-refractivity contribution in [1.29, 1.82) is 0 Å². The molecule has 0 fully saturated rings. The fourth-order valence-corrected chi connectivity index (χ4v) is 4.65. The van der Waals surface area contributed by atoms with Gasteiger partial charge in [0.05, 0.1) is 11.3 Å². The number of carboxylic acids is 1. The molecule has 0 spiro atoms. The van der Waals surface area contributed by atoms with Crippen molar-refractivity contribution >= 4 is 27.3 Å². The number of sulfonamides is 1. The highest BCUT2D eigenvalue weighted by Crippen LogP contribution is 2.28. The molecule has 9 heteroatoms. The second-order valence-electron chi connectivity index (χ2n) is 4.67. The van der Waals surface area contributed by atoms with Gasteiger partial charge in [-0.05, 0) is 26.8 Å². The minimum atomic E-state index is -4.20. The van der Waals surface area contributed by atoms with Gasteiger partial charge in [-0.2, -0.15) is 4.72 Å². The maximum atomic E-state index is 13.0. The van der Waals surface area contributed by atoms with Crippen LogP contribution in [-0.4, -0.2) is 31.5 Å². The van der Waals surface area contributed by atoms with Gasteiger partial charge < -0.3 is 5.11 Å². The third-order valence-electron chi connectivity index (χ3n) is 2.65. The van der Waals surface area contributed by atoms with Gasteiger partial charge in [0.2, 0.25) is 10.0 Å². The summed E-state index contributed by atoms with van der Waals surface area (Å²) in [5.74, 6) is -1.51. The summed E-state index contributed by atoms with van der Waals surface area (Å²) in [7, 11) is -4.20. The van der Waals surface area contributed by atoms with Crippen LogP contribution in [0.5, 0.6) is 0 Å². The topological polar surface area (TPSA) is 83.5 Å². The molecule has 0 aliphatic heterocycles. The molecule has 20 heavy (non-hydrogen) atoms. The number of carbonyl (C=O) groups is 1. The molecule has 1 unspecified atom stereocenters. The number of nitrogens with one attached hydrogen (secondary N) is 1. The number of aliphatic carboxylic acids is 1. The second-order valence-corrected chi connectivity index (χ2v) is 7.78. The van der Waals surface area contributed by atoms with Gasteiger partial charge in [0.1, 0.15) is 5.54 Å². The van der Waals surface area contributed by atoms with E-state index in [2.05, 4.69) is 0 Å². The summed E-state index contributed by atoms with van der Waals surface area (Å²) in [5.41, 5.74) is -2.35. The molecule has 0 radical (unpaired) electrons. The Morgan fingerprint density at radius 1 is 1.50 bits per heavy atom. The van der Waals surface area contributed by atoms with Crippen molar-refractivity contribution in [1.82, 2.24) is 4.72 Å². The zero-order valence-corrected chi connectivity index (χ0v) is 12.7. The van der Waals surface area contributed by atoms with E-state index < -0.39 is 34.4 Å². The Morgan fingerprint density at radius 2 is 2.05 bits per heavy atom. The summed E-state index contributed by atoms with van der Waals surface area (Å²) in [6.07, 6.45) is -4.15. The Kier molecular flexibility index (Phi) is 4.88. The first-order chi connectivity index (χ1) is 8.98. The van der Waals surface area contributed by atoms with E-state index in [9.17, 15) is 22.0 Å². The molecular weight excluding hydrogens is 312 g/mol. The van der Waals surface area contributed by atoms with Gasteiger partial charge >= 0.3 is 5.97 Å². The Bertz CT molecular complexity index is 612. The molecule has 0 aliphatic carbocycles. The highest BCUT2D eigenvalue weighted by molar-refractivity contribution is 7.89. The molecule has 0 saturated heterocycles. The first-order valence-corrected chi connectivity index (χ1v) is 7.89. The van der Waals surface area contributed by atoms with Crippen molar-refractivity contribution in [2.45, 2.75) is 44.1 Å². The van der Waals surface area contributed by atoms with E-state index in [-0.39, 0.29) is 4.90 Å². The summed E-state index contributed by atoms with van der Waals surface area (Å²) in [5, 5.41) is 8.66. The van der Waals surface area contributed by atoms with Gasteiger partial charge in [-0.3, -0.25) is 4.79 Å². The predicted molar refractivity (Wildman–Crippen MR) is 70.8 cm³/mol. The lowest BCUT2D eigenvalue weighted by molar-refractivity contribution is -0.140. The van der Waals surface area contributed by atoms with Crippen LogP contribution in [0.3, 0.4) is 0 Å². The van der Waals surface area contributed by atoms with Gasteiger partial charge in [-0.15, -0.1) is 11.3 Å².